The van der Waals surface area contributed by atoms with Crippen molar-refractivity contribution < 1.29 is 18.7 Å². The highest BCUT2D eigenvalue weighted by molar-refractivity contribution is 5.66. The zero-order chi connectivity index (χ0) is 8.55. The van der Waals surface area contributed by atoms with Crippen LogP contribution < -0.4 is 4.74 Å². The van der Waals surface area contributed by atoms with E-state index in [4.69, 9.17) is 0 Å². The Bertz CT molecular complexity index is 335. The van der Waals surface area contributed by atoms with Crippen LogP contribution in [0.4, 0.5) is 9.18 Å². The van der Waals surface area contributed by atoms with Crippen molar-refractivity contribution in [3.05, 3.63) is 29.6 Å². The lowest BCUT2D eigenvalue weighted by Crippen LogP contribution is -2.18. The topological polar surface area (TPSA) is 35.5 Å². The summed E-state index contributed by atoms with van der Waals surface area (Å²) in [6.45, 7) is -0.0547. The number of rotatable bonds is 0. The van der Waals surface area contributed by atoms with Crippen molar-refractivity contribution in [2.24, 2.45) is 0 Å². The molecule has 0 spiro atoms. The maximum atomic E-state index is 12.9. The lowest BCUT2D eigenvalue weighted by atomic mass is 10.2. The number of halogens is 1. The van der Waals surface area contributed by atoms with Crippen LogP contribution in [0.3, 0.4) is 0 Å². The van der Waals surface area contributed by atoms with Gasteiger partial charge in [-0.15, -0.1) is 0 Å². The highest BCUT2D eigenvalue weighted by Crippen LogP contribution is 2.25. The Morgan fingerprint density at radius 2 is 2.25 bits per heavy atom. The van der Waals surface area contributed by atoms with Gasteiger partial charge < -0.3 is 9.47 Å². The molecule has 0 amide bonds. The van der Waals surface area contributed by atoms with Crippen molar-refractivity contribution >= 4 is 6.16 Å². The maximum absolute atomic E-state index is 12.9. The Hall–Kier alpha value is -1.58. The second kappa shape index (κ2) is 2.48. The molecule has 0 radical (unpaired) electrons. The number of fused-ring (bicyclic) bond motifs is 1. The molecule has 1 aliphatic rings. The molecule has 62 valence electrons. The van der Waals surface area contributed by atoms with Gasteiger partial charge in [0.15, 0.2) is 0 Å². The van der Waals surface area contributed by atoms with Crippen molar-refractivity contribution in [2.75, 3.05) is 0 Å². The average molecular weight is 168 g/mol. The molecule has 12 heavy (non-hydrogen) atoms. The molecular weight excluding hydrogens is 163 g/mol. The van der Waals surface area contributed by atoms with Crippen LogP contribution in [-0.2, 0) is 11.3 Å². The Morgan fingerprint density at radius 3 is 3.08 bits per heavy atom. The van der Waals surface area contributed by atoms with Crippen molar-refractivity contribution in [3.8, 4) is 5.75 Å². The summed E-state index contributed by atoms with van der Waals surface area (Å²) in [6.07, 6.45) is -0.784. The minimum Gasteiger partial charge on any atom is -0.429 e. The summed E-state index contributed by atoms with van der Waals surface area (Å²) in [4.78, 5) is 10.6. The van der Waals surface area contributed by atoms with E-state index in [-0.39, 0.29) is 17.9 Å². The standard InChI is InChI=1S/C8H5FO3/c9-6-2-1-3-7-5(6)4-11-8(10)12-7/h1-3H,4H2. The quantitative estimate of drug-likeness (QED) is 0.438. The van der Waals surface area contributed by atoms with Gasteiger partial charge >= 0.3 is 6.16 Å². The molecule has 0 bridgehead atoms. The SMILES string of the molecule is O=C1OCc2c(F)cccc2O1. The molecule has 1 aromatic rings. The van der Waals surface area contributed by atoms with Gasteiger partial charge in [-0.05, 0) is 12.1 Å². The smallest absolute Gasteiger partial charge is 0.429 e. The first-order valence-electron chi connectivity index (χ1n) is 3.39. The summed E-state index contributed by atoms with van der Waals surface area (Å²) in [5.74, 6) is -0.175. The predicted molar refractivity (Wildman–Crippen MR) is 37.2 cm³/mol. The van der Waals surface area contributed by atoms with Gasteiger partial charge in [-0.2, -0.15) is 0 Å². The van der Waals surface area contributed by atoms with E-state index in [1.54, 1.807) is 0 Å². The summed E-state index contributed by atoms with van der Waals surface area (Å²) in [5.41, 5.74) is 0.289. The molecular formula is C8H5FO3. The zero-order valence-electron chi connectivity index (χ0n) is 6.04. The Labute approximate surface area is 67.7 Å². The minimum absolute atomic E-state index is 0.0547. The lowest BCUT2D eigenvalue weighted by molar-refractivity contribution is 0.0768. The van der Waals surface area contributed by atoms with Gasteiger partial charge in [-0.1, -0.05) is 6.07 Å². The van der Waals surface area contributed by atoms with Crippen LogP contribution in [0, 0.1) is 5.82 Å². The zero-order valence-corrected chi connectivity index (χ0v) is 6.04. The van der Waals surface area contributed by atoms with Gasteiger partial charge in [0, 0.05) is 0 Å². The number of carbonyl (C=O) groups is 1. The molecule has 1 heterocycles. The fourth-order valence-corrected chi connectivity index (χ4v) is 1.02. The first-order chi connectivity index (χ1) is 5.77. The molecule has 0 unspecified atom stereocenters. The van der Waals surface area contributed by atoms with Crippen LogP contribution in [0.5, 0.6) is 5.75 Å². The third-order valence-corrected chi connectivity index (χ3v) is 1.60. The van der Waals surface area contributed by atoms with Gasteiger partial charge in [-0.25, -0.2) is 9.18 Å². The average Bonchev–Trinajstić information content (AvgIpc) is 2.04. The molecule has 4 heteroatoms. The highest BCUT2D eigenvalue weighted by Gasteiger charge is 2.20. The van der Waals surface area contributed by atoms with Crippen LogP contribution in [0.15, 0.2) is 18.2 Å². The summed E-state index contributed by atoms with van der Waals surface area (Å²) in [7, 11) is 0. The van der Waals surface area contributed by atoms with E-state index in [0.717, 1.165) is 0 Å². The molecule has 1 aromatic carbocycles. The van der Waals surface area contributed by atoms with E-state index < -0.39 is 12.0 Å². The van der Waals surface area contributed by atoms with Gasteiger partial charge in [0.25, 0.3) is 0 Å². The summed E-state index contributed by atoms with van der Waals surface area (Å²) in [6, 6.07) is 4.30. The van der Waals surface area contributed by atoms with E-state index in [2.05, 4.69) is 9.47 Å². The van der Waals surface area contributed by atoms with Gasteiger partial charge in [0.05, 0.1) is 5.56 Å². The third kappa shape index (κ3) is 1.01. The van der Waals surface area contributed by atoms with Crippen LogP contribution in [0.1, 0.15) is 5.56 Å². The van der Waals surface area contributed by atoms with Crippen LogP contribution in [0.2, 0.25) is 0 Å². The molecule has 0 saturated heterocycles. The Balaban J connectivity index is 2.48. The third-order valence-electron chi connectivity index (χ3n) is 1.60. The van der Waals surface area contributed by atoms with Crippen molar-refractivity contribution in [3.63, 3.8) is 0 Å². The largest absolute Gasteiger partial charge is 0.514 e. The molecule has 2 rings (SSSR count). The lowest BCUT2D eigenvalue weighted by Gasteiger charge is -2.15. The maximum Gasteiger partial charge on any atom is 0.514 e. The van der Waals surface area contributed by atoms with Crippen LogP contribution in [-0.4, -0.2) is 6.16 Å². The molecule has 1 aliphatic heterocycles. The fourth-order valence-electron chi connectivity index (χ4n) is 1.02. The van der Waals surface area contributed by atoms with Gasteiger partial charge in [0.1, 0.15) is 18.2 Å². The summed E-state index contributed by atoms with van der Waals surface area (Å²) >= 11 is 0. The number of benzene rings is 1. The Morgan fingerprint density at radius 1 is 1.42 bits per heavy atom. The van der Waals surface area contributed by atoms with Gasteiger partial charge in [0.2, 0.25) is 0 Å². The number of cyclic esters (lactones) is 1. The highest BCUT2D eigenvalue weighted by atomic mass is 19.1. The van der Waals surface area contributed by atoms with Crippen LogP contribution >= 0.6 is 0 Å². The number of carbonyl (C=O) groups excluding carboxylic acids is 1. The van der Waals surface area contributed by atoms with E-state index in [1.165, 1.54) is 18.2 Å². The van der Waals surface area contributed by atoms with Crippen molar-refractivity contribution in [1.29, 1.82) is 0 Å². The molecule has 3 nitrogen and oxygen atoms in total. The van der Waals surface area contributed by atoms with E-state index in [1.807, 2.05) is 0 Å². The second-order valence-electron chi connectivity index (χ2n) is 2.36. The molecule has 0 saturated carbocycles. The monoisotopic (exact) mass is 168 g/mol. The van der Waals surface area contributed by atoms with Crippen molar-refractivity contribution in [1.82, 2.24) is 0 Å². The Kier molecular flexibility index (Phi) is 1.46. The normalized spacial score (nSPS) is 14.6. The predicted octanol–water partition coefficient (Wildman–Crippen LogP) is 1.85. The van der Waals surface area contributed by atoms with E-state index >= 15 is 0 Å². The number of hydrogen-bond donors (Lipinski definition) is 0. The molecule has 0 aromatic heterocycles. The molecule has 0 fully saturated rings. The van der Waals surface area contributed by atoms with Crippen LogP contribution in [0.25, 0.3) is 0 Å². The van der Waals surface area contributed by atoms with Gasteiger partial charge in [-0.3, -0.25) is 0 Å². The number of ether oxygens (including phenoxy) is 2. The second-order valence-corrected chi connectivity index (χ2v) is 2.36. The fraction of sp³-hybridized carbons (Fsp3) is 0.125. The molecule has 0 N–H and O–H groups in total. The summed E-state index contributed by atoms with van der Waals surface area (Å²) in [5, 5.41) is 0. The minimum atomic E-state index is -0.784. The number of hydrogen-bond acceptors (Lipinski definition) is 3. The first-order valence-corrected chi connectivity index (χ1v) is 3.39. The molecule has 0 atom stereocenters. The van der Waals surface area contributed by atoms with E-state index in [9.17, 15) is 9.18 Å². The van der Waals surface area contributed by atoms with Crippen molar-refractivity contribution in [2.45, 2.75) is 6.61 Å². The first kappa shape index (κ1) is 7.09. The van der Waals surface area contributed by atoms with E-state index in [0.29, 0.717) is 0 Å². The summed E-state index contributed by atoms with van der Waals surface area (Å²) < 4.78 is 22.0. The molecule has 0 aliphatic carbocycles.